The first-order valence-electron chi connectivity index (χ1n) is 8.62. The maximum Gasteiger partial charge on any atom is 0.275 e. The molecule has 0 aliphatic rings. The molecule has 0 atom stereocenters. The molecule has 132 valence electrons. The van der Waals surface area contributed by atoms with E-state index in [-0.39, 0.29) is 11.6 Å². The Bertz CT molecular complexity index is 899. The van der Waals surface area contributed by atoms with Crippen LogP contribution in [-0.4, -0.2) is 15.9 Å². The van der Waals surface area contributed by atoms with Gasteiger partial charge in [-0.2, -0.15) is 0 Å². The number of hydrogen-bond donors (Lipinski definition) is 2. The molecule has 0 bridgehead atoms. The van der Waals surface area contributed by atoms with Crippen LogP contribution in [0, 0.1) is 13.8 Å². The van der Waals surface area contributed by atoms with Gasteiger partial charge in [0.15, 0.2) is 0 Å². The third-order valence-electron chi connectivity index (χ3n) is 4.03. The number of anilines is 3. The van der Waals surface area contributed by atoms with E-state index in [9.17, 15) is 4.79 Å². The molecular weight excluding hydrogens is 324 g/mol. The molecular formula is C21H22N4O. The van der Waals surface area contributed by atoms with E-state index in [4.69, 9.17) is 0 Å². The molecule has 5 nitrogen and oxygen atoms in total. The lowest BCUT2D eigenvalue weighted by molar-refractivity contribution is 0.102. The predicted octanol–water partition coefficient (Wildman–Crippen LogP) is 4.65. The van der Waals surface area contributed by atoms with Crippen LogP contribution in [0.3, 0.4) is 0 Å². The molecule has 0 fully saturated rings. The Balaban J connectivity index is 1.71. The van der Waals surface area contributed by atoms with Gasteiger partial charge in [-0.05, 0) is 55.2 Å². The van der Waals surface area contributed by atoms with Crippen molar-refractivity contribution in [1.82, 2.24) is 9.97 Å². The Hall–Kier alpha value is -3.21. The summed E-state index contributed by atoms with van der Waals surface area (Å²) in [6, 6.07) is 13.9. The van der Waals surface area contributed by atoms with Crippen molar-refractivity contribution in [3.05, 3.63) is 77.2 Å². The highest BCUT2D eigenvalue weighted by atomic mass is 16.1. The topological polar surface area (TPSA) is 66.9 Å². The van der Waals surface area contributed by atoms with E-state index in [1.165, 1.54) is 17.3 Å². The van der Waals surface area contributed by atoms with Crippen LogP contribution >= 0.6 is 0 Å². The van der Waals surface area contributed by atoms with E-state index in [2.05, 4.69) is 33.6 Å². The van der Waals surface area contributed by atoms with Crippen LogP contribution in [0.2, 0.25) is 0 Å². The van der Waals surface area contributed by atoms with Crippen LogP contribution < -0.4 is 10.6 Å². The number of nitrogens with one attached hydrogen (secondary N) is 2. The van der Waals surface area contributed by atoms with E-state index in [0.717, 1.165) is 23.4 Å². The first-order chi connectivity index (χ1) is 12.5. The zero-order chi connectivity index (χ0) is 18.5. The monoisotopic (exact) mass is 346 g/mol. The molecule has 0 radical (unpaired) electrons. The molecule has 2 N–H and O–H groups in total. The molecule has 1 amide bonds. The molecule has 3 aromatic rings. The van der Waals surface area contributed by atoms with E-state index in [1.54, 1.807) is 6.20 Å². The normalized spacial score (nSPS) is 10.4. The first kappa shape index (κ1) is 17.6. The summed E-state index contributed by atoms with van der Waals surface area (Å²) in [6.07, 6.45) is 3.90. The van der Waals surface area contributed by atoms with Gasteiger partial charge in [0, 0.05) is 11.4 Å². The highest BCUT2D eigenvalue weighted by Gasteiger charge is 2.10. The van der Waals surface area contributed by atoms with Crippen molar-refractivity contribution in [2.75, 3.05) is 10.6 Å². The molecule has 0 aliphatic carbocycles. The third kappa shape index (κ3) is 4.25. The Morgan fingerprint density at radius 3 is 2.38 bits per heavy atom. The number of carbonyl (C=O) groups excluding carboxylic acids is 1. The molecule has 5 heteroatoms. The fraction of sp³-hybridized carbons (Fsp3) is 0.190. The zero-order valence-corrected chi connectivity index (χ0v) is 15.2. The van der Waals surface area contributed by atoms with Crippen molar-refractivity contribution in [2.24, 2.45) is 0 Å². The lowest BCUT2D eigenvalue weighted by Gasteiger charge is -2.10. The van der Waals surface area contributed by atoms with Crippen molar-refractivity contribution < 1.29 is 4.79 Å². The Labute approximate surface area is 153 Å². The number of aromatic nitrogens is 2. The van der Waals surface area contributed by atoms with Crippen LogP contribution in [0.1, 0.15) is 34.1 Å². The van der Waals surface area contributed by atoms with Gasteiger partial charge in [-0.25, -0.2) is 9.97 Å². The zero-order valence-electron chi connectivity index (χ0n) is 15.2. The summed E-state index contributed by atoms with van der Waals surface area (Å²) in [5.74, 6) is 0.330. The maximum atomic E-state index is 12.4. The van der Waals surface area contributed by atoms with Gasteiger partial charge in [0.05, 0.1) is 12.4 Å². The molecule has 0 spiro atoms. The van der Waals surface area contributed by atoms with E-state index in [0.29, 0.717) is 5.82 Å². The number of benzene rings is 2. The quantitative estimate of drug-likeness (QED) is 0.705. The van der Waals surface area contributed by atoms with Crippen LogP contribution in [0.5, 0.6) is 0 Å². The Morgan fingerprint density at radius 2 is 1.73 bits per heavy atom. The molecule has 0 unspecified atom stereocenters. The summed E-state index contributed by atoms with van der Waals surface area (Å²) in [5.41, 5.74) is 5.46. The van der Waals surface area contributed by atoms with Crippen LogP contribution in [0.4, 0.5) is 17.2 Å². The van der Waals surface area contributed by atoms with Crippen LogP contribution in [0.25, 0.3) is 0 Å². The van der Waals surface area contributed by atoms with E-state index in [1.807, 2.05) is 50.2 Å². The summed E-state index contributed by atoms with van der Waals surface area (Å²) < 4.78 is 0. The minimum absolute atomic E-state index is 0.267. The van der Waals surface area contributed by atoms with E-state index >= 15 is 0 Å². The summed E-state index contributed by atoms with van der Waals surface area (Å²) in [5, 5.41) is 6.11. The number of aryl methyl sites for hydroxylation is 3. The summed E-state index contributed by atoms with van der Waals surface area (Å²) in [4.78, 5) is 20.9. The Kier molecular flexibility index (Phi) is 5.27. The van der Waals surface area contributed by atoms with Gasteiger partial charge in [-0.3, -0.25) is 4.79 Å². The average Bonchev–Trinajstić information content (AvgIpc) is 2.62. The van der Waals surface area contributed by atoms with Gasteiger partial charge in [0.25, 0.3) is 5.91 Å². The SMILES string of the molecule is CCc1ccccc1NC(=O)c1cnc(Nc2cc(C)cc(C)c2)cn1. The van der Waals surface area contributed by atoms with Crippen molar-refractivity contribution in [2.45, 2.75) is 27.2 Å². The van der Waals surface area contributed by atoms with Crippen molar-refractivity contribution in [1.29, 1.82) is 0 Å². The fourth-order valence-corrected chi connectivity index (χ4v) is 2.84. The summed E-state index contributed by atoms with van der Waals surface area (Å²) in [6.45, 7) is 6.15. The number of amides is 1. The van der Waals surface area contributed by atoms with Crippen LogP contribution in [0.15, 0.2) is 54.9 Å². The third-order valence-corrected chi connectivity index (χ3v) is 4.03. The van der Waals surface area contributed by atoms with Gasteiger partial charge in [0.1, 0.15) is 11.5 Å². The van der Waals surface area contributed by atoms with Gasteiger partial charge in [-0.15, -0.1) is 0 Å². The summed E-state index contributed by atoms with van der Waals surface area (Å²) >= 11 is 0. The lowest BCUT2D eigenvalue weighted by atomic mass is 10.1. The molecule has 0 saturated carbocycles. The smallest absolute Gasteiger partial charge is 0.275 e. The maximum absolute atomic E-state index is 12.4. The molecule has 0 aliphatic heterocycles. The van der Waals surface area contributed by atoms with E-state index < -0.39 is 0 Å². The predicted molar refractivity (Wildman–Crippen MR) is 105 cm³/mol. The molecule has 3 rings (SSSR count). The van der Waals surface area contributed by atoms with Crippen molar-refractivity contribution in [3.8, 4) is 0 Å². The van der Waals surface area contributed by atoms with Crippen LogP contribution in [-0.2, 0) is 6.42 Å². The standard InChI is InChI=1S/C21H22N4O/c1-4-16-7-5-6-8-18(16)25-21(26)19-12-23-20(13-22-19)24-17-10-14(2)9-15(3)11-17/h5-13H,4H2,1-3H3,(H,23,24)(H,25,26). The minimum Gasteiger partial charge on any atom is -0.339 e. The first-order valence-corrected chi connectivity index (χ1v) is 8.62. The average molecular weight is 346 g/mol. The number of para-hydroxylation sites is 1. The Morgan fingerprint density at radius 1 is 1.00 bits per heavy atom. The van der Waals surface area contributed by atoms with Crippen molar-refractivity contribution in [3.63, 3.8) is 0 Å². The minimum atomic E-state index is -0.267. The molecule has 1 aromatic heterocycles. The highest BCUT2D eigenvalue weighted by molar-refractivity contribution is 6.03. The number of rotatable bonds is 5. The molecule has 26 heavy (non-hydrogen) atoms. The molecule has 0 saturated heterocycles. The molecule has 2 aromatic carbocycles. The lowest BCUT2D eigenvalue weighted by Crippen LogP contribution is -2.15. The highest BCUT2D eigenvalue weighted by Crippen LogP contribution is 2.19. The second-order valence-electron chi connectivity index (χ2n) is 6.25. The summed E-state index contributed by atoms with van der Waals surface area (Å²) in [7, 11) is 0. The van der Waals surface area contributed by atoms with Crippen molar-refractivity contribution >= 4 is 23.1 Å². The molecule has 1 heterocycles. The van der Waals surface area contributed by atoms with Gasteiger partial charge < -0.3 is 10.6 Å². The number of nitrogens with zero attached hydrogens (tertiary/aromatic N) is 2. The second-order valence-corrected chi connectivity index (χ2v) is 6.25. The fourth-order valence-electron chi connectivity index (χ4n) is 2.84. The van der Waals surface area contributed by atoms with Gasteiger partial charge in [0.2, 0.25) is 0 Å². The largest absolute Gasteiger partial charge is 0.339 e. The number of carbonyl (C=O) groups is 1. The van der Waals surface area contributed by atoms with Gasteiger partial charge in [-0.1, -0.05) is 31.2 Å². The van der Waals surface area contributed by atoms with Gasteiger partial charge >= 0.3 is 0 Å². The number of hydrogen-bond acceptors (Lipinski definition) is 4. The second kappa shape index (κ2) is 7.78.